The summed E-state index contributed by atoms with van der Waals surface area (Å²) in [6.07, 6.45) is 3.19. The number of carbonyl (C=O) groups excluding carboxylic acids is 1. The van der Waals surface area contributed by atoms with Crippen LogP contribution in [0.2, 0.25) is 0 Å². The topological polar surface area (TPSA) is 54.0 Å². The highest BCUT2D eigenvalue weighted by Gasteiger charge is 2.02. The zero-order valence-electron chi connectivity index (χ0n) is 12.8. The summed E-state index contributed by atoms with van der Waals surface area (Å²) in [5.41, 5.74) is 3.07. The van der Waals surface area contributed by atoms with Crippen LogP contribution in [0.5, 0.6) is 0 Å². The third kappa shape index (κ3) is 4.84. The van der Waals surface area contributed by atoms with E-state index in [2.05, 4.69) is 31.5 Å². The molecule has 1 amide bonds. The van der Waals surface area contributed by atoms with Gasteiger partial charge in [0.05, 0.1) is 0 Å². The Morgan fingerprint density at radius 2 is 2.00 bits per heavy atom. The van der Waals surface area contributed by atoms with Crippen molar-refractivity contribution in [2.24, 2.45) is 0 Å². The molecule has 0 atom stereocenters. The number of benzene rings is 1. The van der Waals surface area contributed by atoms with Gasteiger partial charge in [0.25, 0.3) is 0 Å². The quantitative estimate of drug-likeness (QED) is 0.795. The van der Waals surface area contributed by atoms with Gasteiger partial charge in [0, 0.05) is 29.3 Å². The molecule has 1 aromatic carbocycles. The van der Waals surface area contributed by atoms with Gasteiger partial charge in [-0.25, -0.2) is 4.98 Å². The zero-order valence-corrected chi connectivity index (χ0v) is 14.4. The Morgan fingerprint density at radius 1 is 1.27 bits per heavy atom. The molecule has 22 heavy (non-hydrogen) atoms. The van der Waals surface area contributed by atoms with Gasteiger partial charge in [-0.05, 0) is 58.6 Å². The fourth-order valence-corrected chi connectivity index (χ4v) is 2.51. The third-order valence-electron chi connectivity index (χ3n) is 3.22. The summed E-state index contributed by atoms with van der Waals surface area (Å²) in [6, 6.07) is 9.88. The Kier molecular flexibility index (Phi) is 5.95. The molecular weight excluding hydrogens is 342 g/mol. The molecule has 0 spiro atoms. The van der Waals surface area contributed by atoms with E-state index in [1.807, 2.05) is 44.2 Å². The Bertz CT molecular complexity index is 641. The van der Waals surface area contributed by atoms with Crippen LogP contribution in [-0.2, 0) is 11.3 Å². The van der Waals surface area contributed by atoms with Crippen LogP contribution < -0.4 is 10.6 Å². The van der Waals surface area contributed by atoms with Crippen molar-refractivity contribution in [3.05, 3.63) is 52.1 Å². The lowest BCUT2D eigenvalue weighted by atomic mass is 10.2. The number of rotatable bonds is 6. The predicted molar refractivity (Wildman–Crippen MR) is 94.0 cm³/mol. The van der Waals surface area contributed by atoms with E-state index >= 15 is 0 Å². The number of hydrogen-bond donors (Lipinski definition) is 2. The van der Waals surface area contributed by atoms with Crippen LogP contribution in [-0.4, -0.2) is 10.9 Å². The first-order valence-electron chi connectivity index (χ1n) is 7.33. The number of carbonyl (C=O) groups is 1. The van der Waals surface area contributed by atoms with Gasteiger partial charge in [-0.15, -0.1) is 0 Å². The van der Waals surface area contributed by atoms with Gasteiger partial charge >= 0.3 is 0 Å². The SMILES string of the molecule is CCCC(=O)Nc1ccc(CNc2ncc(Br)cc2C)cc1. The molecule has 4 nitrogen and oxygen atoms in total. The Balaban J connectivity index is 1.92. The van der Waals surface area contributed by atoms with Crippen LogP contribution >= 0.6 is 15.9 Å². The number of anilines is 2. The van der Waals surface area contributed by atoms with Gasteiger partial charge in [-0.2, -0.15) is 0 Å². The second kappa shape index (κ2) is 7.94. The standard InChI is InChI=1S/C17H20BrN3O/c1-3-4-16(22)21-15-7-5-13(6-8-15)10-19-17-12(2)9-14(18)11-20-17/h5-9,11H,3-4,10H2,1-2H3,(H,19,20)(H,21,22). The van der Waals surface area contributed by atoms with Crippen molar-refractivity contribution in [2.75, 3.05) is 10.6 Å². The van der Waals surface area contributed by atoms with Crippen molar-refractivity contribution in [2.45, 2.75) is 33.2 Å². The van der Waals surface area contributed by atoms with Crippen LogP contribution in [0.3, 0.4) is 0 Å². The smallest absolute Gasteiger partial charge is 0.224 e. The van der Waals surface area contributed by atoms with E-state index < -0.39 is 0 Å². The van der Waals surface area contributed by atoms with Crippen molar-refractivity contribution in [3.8, 4) is 0 Å². The Hall–Kier alpha value is -1.88. The summed E-state index contributed by atoms with van der Waals surface area (Å²) in [4.78, 5) is 15.9. The van der Waals surface area contributed by atoms with E-state index in [0.29, 0.717) is 13.0 Å². The number of aryl methyl sites for hydroxylation is 1. The number of halogens is 1. The van der Waals surface area contributed by atoms with E-state index in [9.17, 15) is 4.79 Å². The highest BCUT2D eigenvalue weighted by Crippen LogP contribution is 2.18. The number of aromatic nitrogens is 1. The van der Waals surface area contributed by atoms with Gasteiger partial charge < -0.3 is 10.6 Å². The molecule has 0 saturated heterocycles. The molecule has 0 fully saturated rings. The van der Waals surface area contributed by atoms with Crippen LogP contribution in [0, 0.1) is 6.92 Å². The number of pyridine rings is 1. The zero-order chi connectivity index (χ0) is 15.9. The van der Waals surface area contributed by atoms with Gasteiger partial charge in [0.2, 0.25) is 5.91 Å². The van der Waals surface area contributed by atoms with E-state index in [0.717, 1.165) is 33.5 Å². The number of nitrogens with one attached hydrogen (secondary N) is 2. The molecule has 0 unspecified atom stereocenters. The van der Waals surface area contributed by atoms with E-state index in [1.54, 1.807) is 6.20 Å². The molecule has 2 aromatic rings. The summed E-state index contributed by atoms with van der Waals surface area (Å²) in [6.45, 7) is 4.71. The lowest BCUT2D eigenvalue weighted by molar-refractivity contribution is -0.116. The molecule has 0 aliphatic rings. The minimum atomic E-state index is 0.0584. The monoisotopic (exact) mass is 361 g/mol. The minimum absolute atomic E-state index is 0.0584. The normalized spacial score (nSPS) is 10.3. The minimum Gasteiger partial charge on any atom is -0.366 e. The van der Waals surface area contributed by atoms with Gasteiger partial charge in [0.15, 0.2) is 0 Å². The highest BCUT2D eigenvalue weighted by atomic mass is 79.9. The first-order chi connectivity index (χ1) is 10.6. The lowest BCUT2D eigenvalue weighted by Gasteiger charge is -2.10. The molecule has 0 aliphatic carbocycles. The second-order valence-corrected chi connectivity index (χ2v) is 6.08. The molecular formula is C17H20BrN3O. The molecule has 0 saturated carbocycles. The van der Waals surface area contributed by atoms with Crippen LogP contribution in [0.4, 0.5) is 11.5 Å². The molecule has 0 bridgehead atoms. The van der Waals surface area contributed by atoms with Crippen LogP contribution in [0.1, 0.15) is 30.9 Å². The fourth-order valence-electron chi connectivity index (χ4n) is 2.07. The van der Waals surface area contributed by atoms with Crippen LogP contribution in [0.25, 0.3) is 0 Å². The van der Waals surface area contributed by atoms with Crippen LogP contribution in [0.15, 0.2) is 41.0 Å². The second-order valence-electron chi connectivity index (χ2n) is 5.17. The highest BCUT2D eigenvalue weighted by molar-refractivity contribution is 9.10. The van der Waals surface area contributed by atoms with Gasteiger partial charge in [0.1, 0.15) is 5.82 Å². The summed E-state index contributed by atoms with van der Waals surface area (Å²) in [5, 5.41) is 6.20. The molecule has 1 heterocycles. The summed E-state index contributed by atoms with van der Waals surface area (Å²) in [5.74, 6) is 0.937. The van der Waals surface area contributed by atoms with Crippen molar-refractivity contribution in [1.29, 1.82) is 0 Å². The van der Waals surface area contributed by atoms with Gasteiger partial charge in [-0.1, -0.05) is 19.1 Å². The van der Waals surface area contributed by atoms with E-state index in [-0.39, 0.29) is 5.91 Å². The summed E-state index contributed by atoms with van der Waals surface area (Å²) < 4.78 is 0.975. The van der Waals surface area contributed by atoms with Crippen molar-refractivity contribution in [3.63, 3.8) is 0 Å². The molecule has 1 aromatic heterocycles. The average Bonchev–Trinajstić information content (AvgIpc) is 2.48. The number of amides is 1. The molecule has 0 aliphatic heterocycles. The predicted octanol–water partition coefficient (Wildman–Crippen LogP) is 4.50. The molecule has 0 radical (unpaired) electrons. The third-order valence-corrected chi connectivity index (χ3v) is 3.65. The fraction of sp³-hybridized carbons (Fsp3) is 0.294. The maximum atomic E-state index is 11.5. The Labute approximate surface area is 139 Å². The lowest BCUT2D eigenvalue weighted by Crippen LogP contribution is -2.10. The first kappa shape index (κ1) is 16.5. The maximum Gasteiger partial charge on any atom is 0.224 e. The van der Waals surface area contributed by atoms with E-state index in [1.165, 1.54) is 0 Å². The summed E-state index contributed by atoms with van der Waals surface area (Å²) in [7, 11) is 0. The average molecular weight is 362 g/mol. The van der Waals surface area contributed by atoms with Crippen molar-refractivity contribution in [1.82, 2.24) is 4.98 Å². The first-order valence-corrected chi connectivity index (χ1v) is 8.12. The molecule has 2 rings (SSSR count). The maximum absolute atomic E-state index is 11.5. The molecule has 116 valence electrons. The number of nitrogens with zero attached hydrogens (tertiary/aromatic N) is 1. The number of hydrogen-bond acceptors (Lipinski definition) is 3. The Morgan fingerprint density at radius 3 is 2.64 bits per heavy atom. The molecule has 5 heteroatoms. The van der Waals surface area contributed by atoms with E-state index in [4.69, 9.17) is 0 Å². The van der Waals surface area contributed by atoms with Crippen molar-refractivity contribution < 1.29 is 4.79 Å². The van der Waals surface area contributed by atoms with Gasteiger partial charge in [-0.3, -0.25) is 4.79 Å². The largest absolute Gasteiger partial charge is 0.366 e. The van der Waals surface area contributed by atoms with Crippen molar-refractivity contribution >= 4 is 33.3 Å². The molecule has 2 N–H and O–H groups in total. The summed E-state index contributed by atoms with van der Waals surface area (Å²) >= 11 is 3.41.